The summed E-state index contributed by atoms with van der Waals surface area (Å²) in [4.78, 5) is 23.2. The molecule has 1 aromatic rings. The van der Waals surface area contributed by atoms with Crippen molar-refractivity contribution < 1.29 is 23.1 Å². The number of amides is 1. The highest BCUT2D eigenvalue weighted by atomic mass is 19.1. The number of carbonyl (C=O) groups excluding carboxylic acids is 2. The Balaban J connectivity index is 2.92. The Morgan fingerprint density at radius 3 is 2.52 bits per heavy atom. The molecule has 1 aromatic carbocycles. The minimum Gasteiger partial charge on any atom is -0.465 e. The molecule has 1 amide bonds. The number of benzene rings is 1. The molecule has 0 heterocycles. The maximum atomic E-state index is 13.7. The lowest BCUT2D eigenvalue weighted by atomic mass is 10.1. The van der Waals surface area contributed by atoms with E-state index in [1.54, 1.807) is 6.92 Å². The molecule has 0 aliphatic rings. The SMILES string of the molecule is CCNCC(C)C(=O)Nc1cc(C(=O)OC)c(F)cc1F. The summed E-state index contributed by atoms with van der Waals surface area (Å²) in [6.45, 7) is 4.69. The third kappa shape index (κ3) is 4.49. The first kappa shape index (κ1) is 17.0. The molecule has 1 unspecified atom stereocenters. The van der Waals surface area contributed by atoms with Gasteiger partial charge in [0.05, 0.1) is 18.4 Å². The van der Waals surface area contributed by atoms with Crippen LogP contribution >= 0.6 is 0 Å². The Morgan fingerprint density at radius 1 is 1.29 bits per heavy atom. The van der Waals surface area contributed by atoms with Crippen LogP contribution in [0.15, 0.2) is 12.1 Å². The molecular formula is C14H18F2N2O3. The summed E-state index contributed by atoms with van der Waals surface area (Å²) < 4.78 is 31.5. The fourth-order valence-corrected chi connectivity index (χ4v) is 1.62. The Labute approximate surface area is 121 Å². The van der Waals surface area contributed by atoms with Crippen molar-refractivity contribution >= 4 is 17.6 Å². The molecule has 116 valence electrons. The maximum Gasteiger partial charge on any atom is 0.340 e. The van der Waals surface area contributed by atoms with E-state index < -0.39 is 35.0 Å². The van der Waals surface area contributed by atoms with Gasteiger partial charge in [0.2, 0.25) is 5.91 Å². The zero-order chi connectivity index (χ0) is 16.0. The van der Waals surface area contributed by atoms with Gasteiger partial charge < -0.3 is 15.4 Å². The Kier molecular flexibility index (Phi) is 6.23. The zero-order valence-electron chi connectivity index (χ0n) is 12.1. The number of methoxy groups -OCH3 is 1. The second-order valence-electron chi connectivity index (χ2n) is 4.50. The highest BCUT2D eigenvalue weighted by Gasteiger charge is 2.19. The molecule has 1 atom stereocenters. The molecule has 0 aliphatic carbocycles. The van der Waals surface area contributed by atoms with E-state index in [0.717, 1.165) is 13.2 Å². The predicted octanol–water partition coefficient (Wildman–Crippen LogP) is 1.94. The molecule has 0 saturated carbocycles. The molecule has 0 radical (unpaired) electrons. The van der Waals surface area contributed by atoms with Gasteiger partial charge in [0, 0.05) is 18.5 Å². The summed E-state index contributed by atoms with van der Waals surface area (Å²) in [6, 6.07) is 1.46. The molecule has 0 aliphatic heterocycles. The number of esters is 1. The average Bonchev–Trinajstić information content (AvgIpc) is 2.46. The Hall–Kier alpha value is -2.02. The summed E-state index contributed by atoms with van der Waals surface area (Å²) in [7, 11) is 1.09. The first-order chi connectivity index (χ1) is 9.90. The average molecular weight is 300 g/mol. The first-order valence-corrected chi connectivity index (χ1v) is 6.49. The third-order valence-electron chi connectivity index (χ3n) is 2.87. The van der Waals surface area contributed by atoms with E-state index in [2.05, 4.69) is 15.4 Å². The lowest BCUT2D eigenvalue weighted by Gasteiger charge is -2.13. The van der Waals surface area contributed by atoms with Gasteiger partial charge in [-0.2, -0.15) is 0 Å². The molecule has 0 bridgehead atoms. The summed E-state index contributed by atoms with van der Waals surface area (Å²) >= 11 is 0. The largest absolute Gasteiger partial charge is 0.465 e. The van der Waals surface area contributed by atoms with Gasteiger partial charge in [-0.25, -0.2) is 13.6 Å². The van der Waals surface area contributed by atoms with Gasteiger partial charge in [-0.05, 0) is 12.6 Å². The number of hydrogen-bond donors (Lipinski definition) is 2. The van der Waals surface area contributed by atoms with Gasteiger partial charge in [-0.15, -0.1) is 0 Å². The van der Waals surface area contributed by atoms with Crippen LogP contribution in [0.2, 0.25) is 0 Å². The molecule has 21 heavy (non-hydrogen) atoms. The molecule has 2 N–H and O–H groups in total. The number of ether oxygens (including phenoxy) is 1. The summed E-state index contributed by atoms with van der Waals surface area (Å²) in [5, 5.41) is 5.33. The minimum atomic E-state index is -1.04. The van der Waals surface area contributed by atoms with Crippen LogP contribution in [0.25, 0.3) is 0 Å². The van der Waals surface area contributed by atoms with Gasteiger partial charge in [0.25, 0.3) is 0 Å². The maximum absolute atomic E-state index is 13.7. The van der Waals surface area contributed by atoms with Crippen LogP contribution in [0.5, 0.6) is 0 Å². The van der Waals surface area contributed by atoms with Crippen LogP contribution in [-0.4, -0.2) is 32.1 Å². The molecule has 0 fully saturated rings. The number of rotatable bonds is 6. The highest BCUT2D eigenvalue weighted by molar-refractivity contribution is 5.95. The fraction of sp³-hybridized carbons (Fsp3) is 0.429. The quantitative estimate of drug-likeness (QED) is 0.788. The van der Waals surface area contributed by atoms with E-state index in [4.69, 9.17) is 0 Å². The van der Waals surface area contributed by atoms with Crippen LogP contribution in [-0.2, 0) is 9.53 Å². The summed E-state index contributed by atoms with van der Waals surface area (Å²) in [5.74, 6) is -3.78. The number of anilines is 1. The van der Waals surface area contributed by atoms with Crippen molar-refractivity contribution in [3.8, 4) is 0 Å². The predicted molar refractivity (Wildman–Crippen MR) is 74.0 cm³/mol. The van der Waals surface area contributed by atoms with E-state index in [9.17, 15) is 18.4 Å². The number of halogens is 2. The van der Waals surface area contributed by atoms with Crippen molar-refractivity contribution in [2.75, 3.05) is 25.5 Å². The third-order valence-corrected chi connectivity index (χ3v) is 2.87. The van der Waals surface area contributed by atoms with Gasteiger partial charge in [0.1, 0.15) is 11.6 Å². The zero-order valence-corrected chi connectivity index (χ0v) is 12.1. The fourth-order valence-electron chi connectivity index (χ4n) is 1.62. The lowest BCUT2D eigenvalue weighted by molar-refractivity contribution is -0.119. The van der Waals surface area contributed by atoms with Crippen molar-refractivity contribution in [3.05, 3.63) is 29.3 Å². The topological polar surface area (TPSA) is 67.4 Å². The van der Waals surface area contributed by atoms with Crippen molar-refractivity contribution in [1.29, 1.82) is 0 Å². The van der Waals surface area contributed by atoms with Crippen LogP contribution in [0, 0.1) is 17.6 Å². The number of hydrogen-bond acceptors (Lipinski definition) is 4. The van der Waals surface area contributed by atoms with Crippen molar-refractivity contribution in [2.45, 2.75) is 13.8 Å². The van der Waals surface area contributed by atoms with E-state index >= 15 is 0 Å². The molecule has 0 saturated heterocycles. The van der Waals surface area contributed by atoms with Crippen LogP contribution < -0.4 is 10.6 Å². The highest BCUT2D eigenvalue weighted by Crippen LogP contribution is 2.21. The molecule has 0 aromatic heterocycles. The van der Waals surface area contributed by atoms with Gasteiger partial charge in [-0.3, -0.25) is 4.79 Å². The van der Waals surface area contributed by atoms with Gasteiger partial charge in [0.15, 0.2) is 0 Å². The number of carbonyl (C=O) groups is 2. The van der Waals surface area contributed by atoms with Gasteiger partial charge >= 0.3 is 5.97 Å². The van der Waals surface area contributed by atoms with Crippen LogP contribution in [0.1, 0.15) is 24.2 Å². The second kappa shape index (κ2) is 7.68. The van der Waals surface area contributed by atoms with Crippen LogP contribution in [0.4, 0.5) is 14.5 Å². The van der Waals surface area contributed by atoms with Crippen molar-refractivity contribution in [3.63, 3.8) is 0 Å². The number of nitrogens with one attached hydrogen (secondary N) is 2. The minimum absolute atomic E-state index is 0.259. The van der Waals surface area contributed by atoms with Gasteiger partial charge in [-0.1, -0.05) is 13.8 Å². The summed E-state index contributed by atoms with van der Waals surface area (Å²) in [5.41, 5.74) is -0.696. The molecule has 5 nitrogen and oxygen atoms in total. The van der Waals surface area contributed by atoms with E-state index in [-0.39, 0.29) is 5.69 Å². The monoisotopic (exact) mass is 300 g/mol. The lowest BCUT2D eigenvalue weighted by Crippen LogP contribution is -2.30. The van der Waals surface area contributed by atoms with Crippen molar-refractivity contribution in [1.82, 2.24) is 5.32 Å². The van der Waals surface area contributed by atoms with E-state index in [1.807, 2.05) is 6.92 Å². The first-order valence-electron chi connectivity index (χ1n) is 6.49. The standard InChI is InChI=1S/C14H18F2N2O3/c1-4-17-7-8(2)13(19)18-12-5-9(14(20)21-3)10(15)6-11(12)16/h5-6,8,17H,4,7H2,1-3H3,(H,18,19). The smallest absolute Gasteiger partial charge is 0.340 e. The summed E-state index contributed by atoms with van der Waals surface area (Å²) in [6.07, 6.45) is 0. The normalized spacial score (nSPS) is 11.9. The molecular weight excluding hydrogens is 282 g/mol. The van der Waals surface area contributed by atoms with Crippen LogP contribution in [0.3, 0.4) is 0 Å². The Bertz CT molecular complexity index is 535. The van der Waals surface area contributed by atoms with E-state index in [0.29, 0.717) is 19.2 Å². The molecule has 7 heteroatoms. The second-order valence-corrected chi connectivity index (χ2v) is 4.50. The Morgan fingerprint density at radius 2 is 1.95 bits per heavy atom. The van der Waals surface area contributed by atoms with Crippen molar-refractivity contribution in [2.24, 2.45) is 5.92 Å². The molecule has 1 rings (SSSR count). The molecule has 0 spiro atoms. The van der Waals surface area contributed by atoms with E-state index in [1.165, 1.54) is 0 Å².